The number of para-hydroxylation sites is 1. The Bertz CT molecular complexity index is 771. The molecule has 1 atom stereocenters. The Morgan fingerprint density at radius 2 is 1.79 bits per heavy atom. The van der Waals surface area contributed by atoms with Crippen molar-refractivity contribution in [1.29, 1.82) is 0 Å². The molecule has 1 aromatic heterocycles. The summed E-state index contributed by atoms with van der Waals surface area (Å²) in [5, 5.41) is 5.89. The molecule has 29 heavy (non-hydrogen) atoms. The molecule has 156 valence electrons. The van der Waals surface area contributed by atoms with Gasteiger partial charge in [0.2, 0.25) is 5.91 Å². The van der Waals surface area contributed by atoms with Crippen molar-refractivity contribution >= 4 is 17.6 Å². The molecule has 3 rings (SSSR count). The highest BCUT2D eigenvalue weighted by atomic mass is 16.3. The number of piperazine rings is 1. The highest BCUT2D eigenvalue weighted by molar-refractivity contribution is 5.92. The maximum Gasteiger partial charge on any atom is 0.317 e. The van der Waals surface area contributed by atoms with Crippen LogP contribution in [-0.2, 0) is 4.79 Å². The lowest BCUT2D eigenvalue weighted by Crippen LogP contribution is -2.53. The highest BCUT2D eigenvalue weighted by Crippen LogP contribution is 2.17. The molecule has 1 aliphatic heterocycles. The molecule has 8 heteroatoms. The van der Waals surface area contributed by atoms with Gasteiger partial charge < -0.3 is 20.0 Å². The van der Waals surface area contributed by atoms with Crippen LogP contribution in [0.15, 0.2) is 53.1 Å². The molecule has 0 spiro atoms. The minimum atomic E-state index is -0.0863. The fourth-order valence-electron chi connectivity index (χ4n) is 3.35. The molecule has 0 bridgehead atoms. The van der Waals surface area contributed by atoms with E-state index in [9.17, 15) is 9.59 Å². The van der Waals surface area contributed by atoms with E-state index in [1.807, 2.05) is 61.5 Å². The number of rotatable bonds is 7. The lowest BCUT2D eigenvalue weighted by atomic mass is 10.2. The van der Waals surface area contributed by atoms with Crippen molar-refractivity contribution in [2.45, 2.75) is 6.04 Å². The number of hydrogen-bond donors (Lipinski definition) is 2. The monoisotopic (exact) mass is 399 g/mol. The quantitative estimate of drug-likeness (QED) is 0.743. The van der Waals surface area contributed by atoms with Crippen LogP contribution in [0.3, 0.4) is 0 Å². The smallest absolute Gasteiger partial charge is 0.317 e. The van der Waals surface area contributed by atoms with E-state index < -0.39 is 0 Å². The van der Waals surface area contributed by atoms with Crippen LogP contribution in [0.4, 0.5) is 10.5 Å². The minimum Gasteiger partial charge on any atom is -0.468 e. The van der Waals surface area contributed by atoms with E-state index in [2.05, 4.69) is 15.5 Å². The second-order valence-corrected chi connectivity index (χ2v) is 7.36. The second-order valence-electron chi connectivity index (χ2n) is 7.36. The van der Waals surface area contributed by atoms with Crippen LogP contribution < -0.4 is 10.6 Å². The van der Waals surface area contributed by atoms with Gasteiger partial charge in [-0.15, -0.1) is 0 Å². The fraction of sp³-hybridized carbons (Fsp3) is 0.429. The number of benzene rings is 1. The first-order valence-electron chi connectivity index (χ1n) is 9.83. The number of nitrogens with one attached hydrogen (secondary N) is 2. The van der Waals surface area contributed by atoms with Gasteiger partial charge in [0.25, 0.3) is 0 Å². The average molecular weight is 399 g/mol. The van der Waals surface area contributed by atoms with E-state index in [4.69, 9.17) is 4.42 Å². The predicted octanol–water partition coefficient (Wildman–Crippen LogP) is 1.85. The van der Waals surface area contributed by atoms with Crippen molar-refractivity contribution in [2.24, 2.45) is 0 Å². The number of carbonyl (C=O) groups is 2. The molecular formula is C21H29N5O3. The van der Waals surface area contributed by atoms with Crippen LogP contribution in [-0.4, -0.2) is 80.0 Å². The van der Waals surface area contributed by atoms with E-state index in [-0.39, 0.29) is 18.0 Å². The maximum absolute atomic E-state index is 12.5. The highest BCUT2D eigenvalue weighted by Gasteiger charge is 2.24. The predicted molar refractivity (Wildman–Crippen MR) is 112 cm³/mol. The topological polar surface area (TPSA) is 81.1 Å². The van der Waals surface area contributed by atoms with E-state index in [1.165, 1.54) is 0 Å². The second kappa shape index (κ2) is 10.1. The van der Waals surface area contributed by atoms with Gasteiger partial charge in [-0.3, -0.25) is 14.6 Å². The van der Waals surface area contributed by atoms with E-state index in [0.717, 1.165) is 11.4 Å². The summed E-state index contributed by atoms with van der Waals surface area (Å²) < 4.78 is 5.48. The van der Waals surface area contributed by atoms with Gasteiger partial charge in [-0.25, -0.2) is 4.79 Å². The number of likely N-dealkylation sites (N-methyl/N-ethyl adjacent to an activating group) is 1. The van der Waals surface area contributed by atoms with E-state index >= 15 is 0 Å². The first-order chi connectivity index (χ1) is 14.0. The fourth-order valence-corrected chi connectivity index (χ4v) is 3.35. The maximum atomic E-state index is 12.5. The van der Waals surface area contributed by atoms with Gasteiger partial charge >= 0.3 is 6.03 Å². The SMILES string of the molecule is CN(C)C(CNC(=O)N1CCN(CC(=O)Nc2ccccc2)CC1)c1ccco1. The Labute approximate surface area is 171 Å². The summed E-state index contributed by atoms with van der Waals surface area (Å²) in [5.74, 6) is 0.783. The first kappa shape index (κ1) is 20.9. The summed E-state index contributed by atoms with van der Waals surface area (Å²) in [6.45, 7) is 3.33. The van der Waals surface area contributed by atoms with Crippen LogP contribution in [0.2, 0.25) is 0 Å². The third-order valence-corrected chi connectivity index (χ3v) is 5.03. The normalized spacial score (nSPS) is 15.9. The summed E-state index contributed by atoms with van der Waals surface area (Å²) in [6, 6.07) is 13.1. The largest absolute Gasteiger partial charge is 0.468 e. The van der Waals surface area contributed by atoms with E-state index in [1.54, 1.807) is 11.2 Å². The number of hydrogen-bond acceptors (Lipinski definition) is 5. The zero-order valence-electron chi connectivity index (χ0n) is 17.0. The van der Waals surface area contributed by atoms with Crippen molar-refractivity contribution in [3.05, 3.63) is 54.5 Å². The molecule has 0 aliphatic carbocycles. The Balaban J connectivity index is 1.40. The summed E-state index contributed by atoms with van der Waals surface area (Å²) in [4.78, 5) is 30.6. The van der Waals surface area contributed by atoms with Crippen LogP contribution in [0, 0.1) is 0 Å². The zero-order chi connectivity index (χ0) is 20.6. The number of carbonyl (C=O) groups excluding carboxylic acids is 2. The summed E-state index contributed by atoms with van der Waals surface area (Å²) in [7, 11) is 3.91. The standard InChI is InChI=1S/C21H29N5O3/c1-24(2)18(19-9-6-14-29-19)15-22-21(28)26-12-10-25(11-13-26)16-20(27)23-17-7-4-3-5-8-17/h3-9,14,18H,10-13,15-16H2,1-2H3,(H,22,28)(H,23,27). The van der Waals surface area contributed by atoms with Crippen molar-refractivity contribution in [1.82, 2.24) is 20.0 Å². The van der Waals surface area contributed by atoms with Gasteiger partial charge in [-0.2, -0.15) is 0 Å². The Morgan fingerprint density at radius 1 is 1.07 bits per heavy atom. The van der Waals surface area contributed by atoms with Gasteiger partial charge in [0.15, 0.2) is 0 Å². The number of nitrogens with zero attached hydrogens (tertiary/aromatic N) is 3. The molecule has 2 heterocycles. The summed E-state index contributed by atoms with van der Waals surface area (Å²) in [5.41, 5.74) is 0.794. The van der Waals surface area contributed by atoms with Crippen molar-refractivity contribution in [2.75, 3.05) is 58.7 Å². The van der Waals surface area contributed by atoms with Crippen molar-refractivity contribution in [3.63, 3.8) is 0 Å². The molecule has 2 N–H and O–H groups in total. The van der Waals surface area contributed by atoms with Crippen LogP contribution in [0.1, 0.15) is 11.8 Å². The summed E-state index contributed by atoms with van der Waals surface area (Å²) >= 11 is 0. The molecule has 0 saturated carbocycles. The lowest BCUT2D eigenvalue weighted by molar-refractivity contribution is -0.117. The molecule has 2 aromatic rings. The zero-order valence-corrected chi connectivity index (χ0v) is 17.0. The van der Waals surface area contributed by atoms with Crippen LogP contribution >= 0.6 is 0 Å². The van der Waals surface area contributed by atoms with Gasteiger partial charge in [0.1, 0.15) is 5.76 Å². The Kier molecular flexibility index (Phi) is 7.26. The molecule has 0 radical (unpaired) electrons. The Hall–Kier alpha value is -2.84. The molecule has 1 saturated heterocycles. The third-order valence-electron chi connectivity index (χ3n) is 5.03. The van der Waals surface area contributed by atoms with Gasteiger partial charge in [0.05, 0.1) is 18.8 Å². The van der Waals surface area contributed by atoms with Gasteiger partial charge in [-0.05, 0) is 38.4 Å². The molecule has 8 nitrogen and oxygen atoms in total. The lowest BCUT2D eigenvalue weighted by Gasteiger charge is -2.34. The minimum absolute atomic E-state index is 0.0167. The number of amides is 3. The third kappa shape index (κ3) is 6.07. The van der Waals surface area contributed by atoms with Gasteiger partial charge in [-0.1, -0.05) is 18.2 Å². The van der Waals surface area contributed by atoms with Gasteiger partial charge in [0, 0.05) is 38.4 Å². The number of urea groups is 1. The van der Waals surface area contributed by atoms with Crippen LogP contribution in [0.5, 0.6) is 0 Å². The molecule has 1 aliphatic rings. The molecule has 1 aromatic carbocycles. The average Bonchev–Trinajstić information content (AvgIpc) is 3.23. The number of anilines is 1. The molecule has 1 unspecified atom stereocenters. The molecular weight excluding hydrogens is 370 g/mol. The number of furan rings is 1. The first-order valence-corrected chi connectivity index (χ1v) is 9.83. The molecule has 1 fully saturated rings. The Morgan fingerprint density at radius 3 is 2.41 bits per heavy atom. The van der Waals surface area contributed by atoms with Crippen molar-refractivity contribution < 1.29 is 14.0 Å². The van der Waals surface area contributed by atoms with Crippen molar-refractivity contribution in [3.8, 4) is 0 Å². The van der Waals surface area contributed by atoms with E-state index in [0.29, 0.717) is 39.3 Å². The van der Waals surface area contributed by atoms with Crippen LogP contribution in [0.25, 0.3) is 0 Å². The summed E-state index contributed by atoms with van der Waals surface area (Å²) in [6.07, 6.45) is 1.64. The molecule has 3 amide bonds.